The van der Waals surface area contributed by atoms with Crippen molar-refractivity contribution in [2.24, 2.45) is 0 Å². The van der Waals surface area contributed by atoms with Crippen LogP contribution in [0.15, 0.2) is 53.4 Å². The van der Waals surface area contributed by atoms with Gasteiger partial charge in [-0.25, -0.2) is 8.42 Å². The molecular formula is C18H15ClF3NO5S. The predicted molar refractivity (Wildman–Crippen MR) is 97.9 cm³/mol. The molecule has 0 fully saturated rings. The van der Waals surface area contributed by atoms with Gasteiger partial charge >= 0.3 is 12.3 Å². The van der Waals surface area contributed by atoms with Gasteiger partial charge in [-0.3, -0.25) is 9.59 Å². The van der Waals surface area contributed by atoms with E-state index >= 15 is 0 Å². The third kappa shape index (κ3) is 5.78. The van der Waals surface area contributed by atoms with Crippen LogP contribution in [0.2, 0.25) is 5.02 Å². The smallest absolute Gasteiger partial charge is 0.473 e. The van der Waals surface area contributed by atoms with Gasteiger partial charge in [-0.15, -0.1) is 4.31 Å². The van der Waals surface area contributed by atoms with Crippen molar-refractivity contribution in [3.63, 3.8) is 0 Å². The number of halogens is 4. The maximum absolute atomic E-state index is 13.6. The fraction of sp³-hybridized carbons (Fsp3) is 0.222. The lowest BCUT2D eigenvalue weighted by Gasteiger charge is -2.25. The van der Waals surface area contributed by atoms with Crippen molar-refractivity contribution in [2.75, 3.05) is 0 Å². The minimum Gasteiger partial charge on any atom is -0.481 e. The number of alkyl halides is 3. The van der Waals surface area contributed by atoms with Crippen LogP contribution >= 0.6 is 11.6 Å². The minimum absolute atomic E-state index is 0.0956. The first-order valence-corrected chi connectivity index (χ1v) is 9.93. The number of carbonyl (C=O) groups excluding carboxylic acids is 1. The van der Waals surface area contributed by atoms with E-state index in [9.17, 15) is 31.2 Å². The van der Waals surface area contributed by atoms with Crippen LogP contribution in [0.4, 0.5) is 13.2 Å². The number of hydrogen-bond donors (Lipinski definition) is 1. The van der Waals surface area contributed by atoms with Crippen LogP contribution in [-0.4, -0.2) is 35.9 Å². The van der Waals surface area contributed by atoms with Crippen molar-refractivity contribution < 1.29 is 36.3 Å². The average molecular weight is 450 g/mol. The van der Waals surface area contributed by atoms with E-state index in [2.05, 4.69) is 0 Å². The second-order valence-electron chi connectivity index (χ2n) is 5.93. The van der Waals surface area contributed by atoms with Gasteiger partial charge in [0.15, 0.2) is 5.78 Å². The Balaban J connectivity index is 2.47. The second kappa shape index (κ2) is 8.93. The van der Waals surface area contributed by atoms with E-state index < -0.39 is 61.7 Å². The fourth-order valence-corrected chi connectivity index (χ4v) is 4.25. The number of aliphatic carboxylic acids is 1. The van der Waals surface area contributed by atoms with Gasteiger partial charge in [0.2, 0.25) is 0 Å². The van der Waals surface area contributed by atoms with Crippen molar-refractivity contribution >= 4 is 33.4 Å². The number of benzene rings is 2. The molecule has 0 aliphatic carbocycles. The number of nitrogens with zero attached hydrogens (tertiary/aromatic N) is 1. The summed E-state index contributed by atoms with van der Waals surface area (Å²) in [6.45, 7) is -0.986. The fourth-order valence-electron chi connectivity index (χ4n) is 2.42. The van der Waals surface area contributed by atoms with E-state index in [1.54, 1.807) is 6.07 Å². The predicted octanol–water partition coefficient (Wildman–Crippen LogP) is 4.10. The highest BCUT2D eigenvalue weighted by Gasteiger charge is 2.47. The summed E-state index contributed by atoms with van der Waals surface area (Å²) in [7, 11) is -5.17. The van der Waals surface area contributed by atoms with Gasteiger partial charge < -0.3 is 5.11 Å². The Bertz CT molecular complexity index is 1010. The van der Waals surface area contributed by atoms with Crippen LogP contribution in [0.1, 0.15) is 28.8 Å². The molecule has 2 aromatic rings. The first-order valence-electron chi connectivity index (χ1n) is 8.11. The zero-order valence-corrected chi connectivity index (χ0v) is 16.3. The van der Waals surface area contributed by atoms with E-state index in [0.717, 1.165) is 18.2 Å². The molecule has 0 heterocycles. The lowest BCUT2D eigenvalue weighted by atomic mass is 10.1. The standard InChI is InChI=1S/C18H15ClF3NO5S/c19-14-7-6-13(15(24)8-9-17(25)26)10-16(14)29(27,28)23(18(20,21)22)11-12-4-2-1-3-5-12/h1-7,10H,8-9,11H2,(H,25,26). The van der Waals surface area contributed by atoms with Gasteiger partial charge in [0.25, 0.3) is 10.0 Å². The largest absolute Gasteiger partial charge is 0.481 e. The summed E-state index contributed by atoms with van der Waals surface area (Å²) in [5.41, 5.74) is -0.158. The second-order valence-corrected chi connectivity index (χ2v) is 8.17. The van der Waals surface area contributed by atoms with Crippen molar-refractivity contribution in [2.45, 2.75) is 30.6 Å². The molecule has 2 rings (SSSR count). The SMILES string of the molecule is O=C(O)CCC(=O)c1ccc(Cl)c(S(=O)(=O)N(Cc2ccccc2)C(F)(F)F)c1. The number of sulfonamides is 1. The van der Waals surface area contributed by atoms with Gasteiger partial charge in [-0.1, -0.05) is 41.9 Å². The normalized spacial score (nSPS) is 12.2. The molecule has 6 nitrogen and oxygen atoms in total. The van der Waals surface area contributed by atoms with E-state index in [1.807, 2.05) is 0 Å². The van der Waals surface area contributed by atoms with Crippen molar-refractivity contribution in [1.82, 2.24) is 4.31 Å². The topological polar surface area (TPSA) is 91.7 Å². The summed E-state index contributed by atoms with van der Waals surface area (Å²) >= 11 is 5.83. The third-order valence-electron chi connectivity index (χ3n) is 3.84. The highest BCUT2D eigenvalue weighted by molar-refractivity contribution is 7.89. The lowest BCUT2D eigenvalue weighted by molar-refractivity contribution is -0.213. The highest BCUT2D eigenvalue weighted by Crippen LogP contribution is 2.34. The molecule has 0 amide bonds. The molecule has 1 N–H and O–H groups in total. The molecule has 0 spiro atoms. The minimum atomic E-state index is -5.25. The van der Waals surface area contributed by atoms with Crippen LogP contribution in [-0.2, 0) is 21.4 Å². The Morgan fingerprint density at radius 3 is 2.21 bits per heavy atom. The molecule has 11 heteroatoms. The number of carboxylic acid groups (broad SMARTS) is 1. The van der Waals surface area contributed by atoms with Crippen LogP contribution < -0.4 is 0 Å². The number of Topliss-reactive ketones (excluding diaryl/α,β-unsaturated/α-hetero) is 1. The first-order chi connectivity index (χ1) is 13.4. The monoisotopic (exact) mass is 449 g/mol. The molecule has 0 aliphatic rings. The molecule has 2 aromatic carbocycles. The zero-order valence-electron chi connectivity index (χ0n) is 14.7. The van der Waals surface area contributed by atoms with Crippen LogP contribution in [0.3, 0.4) is 0 Å². The summed E-state index contributed by atoms with van der Waals surface area (Å²) < 4.78 is 65.5. The van der Waals surface area contributed by atoms with E-state index in [-0.39, 0.29) is 11.1 Å². The molecule has 29 heavy (non-hydrogen) atoms. The van der Waals surface area contributed by atoms with Gasteiger partial charge in [-0.2, -0.15) is 13.2 Å². The van der Waals surface area contributed by atoms with Gasteiger partial charge in [0.1, 0.15) is 4.90 Å². The van der Waals surface area contributed by atoms with Crippen molar-refractivity contribution in [3.8, 4) is 0 Å². The highest BCUT2D eigenvalue weighted by atomic mass is 35.5. The quantitative estimate of drug-likeness (QED) is 0.484. The van der Waals surface area contributed by atoms with E-state index in [4.69, 9.17) is 16.7 Å². The molecular weight excluding hydrogens is 435 g/mol. The Labute approximate surface area is 169 Å². The van der Waals surface area contributed by atoms with Crippen LogP contribution in [0, 0.1) is 0 Å². The van der Waals surface area contributed by atoms with Crippen LogP contribution in [0.25, 0.3) is 0 Å². The van der Waals surface area contributed by atoms with Crippen LogP contribution in [0.5, 0.6) is 0 Å². The first kappa shape index (κ1) is 22.9. The molecule has 0 saturated carbocycles. The zero-order chi connectivity index (χ0) is 21.8. The molecule has 0 atom stereocenters. The Kier molecular flexibility index (Phi) is 7.04. The molecule has 156 valence electrons. The molecule has 0 unspecified atom stereocenters. The number of rotatable bonds is 8. The number of hydrogen-bond acceptors (Lipinski definition) is 4. The maximum atomic E-state index is 13.6. The summed E-state index contributed by atoms with van der Waals surface area (Å²) in [5.74, 6) is -1.98. The van der Waals surface area contributed by atoms with Gasteiger partial charge in [0, 0.05) is 18.5 Å². The Morgan fingerprint density at radius 2 is 1.66 bits per heavy atom. The third-order valence-corrected chi connectivity index (χ3v) is 6.09. The molecule has 0 aromatic heterocycles. The summed E-state index contributed by atoms with van der Waals surface area (Å²) in [4.78, 5) is 21.8. The molecule has 0 bridgehead atoms. The summed E-state index contributed by atoms with van der Waals surface area (Å²) in [6, 6.07) is 10.0. The van der Waals surface area contributed by atoms with Crippen molar-refractivity contribution in [1.29, 1.82) is 0 Å². The number of carbonyl (C=O) groups is 2. The number of carboxylic acids is 1. The molecule has 0 saturated heterocycles. The Hall–Kier alpha value is -2.43. The van der Waals surface area contributed by atoms with E-state index in [1.165, 1.54) is 24.3 Å². The van der Waals surface area contributed by atoms with Gasteiger partial charge in [0.05, 0.1) is 11.4 Å². The van der Waals surface area contributed by atoms with Gasteiger partial charge in [-0.05, 0) is 23.8 Å². The average Bonchev–Trinajstić information content (AvgIpc) is 2.64. The summed E-state index contributed by atoms with van der Waals surface area (Å²) in [6.07, 6.45) is -6.20. The van der Waals surface area contributed by atoms with Crippen molar-refractivity contribution in [3.05, 3.63) is 64.7 Å². The molecule has 0 radical (unpaired) electrons. The maximum Gasteiger partial charge on any atom is 0.473 e. The lowest BCUT2D eigenvalue weighted by Crippen LogP contribution is -2.42. The molecule has 0 aliphatic heterocycles. The Morgan fingerprint density at radius 1 is 1.03 bits per heavy atom. The number of ketones is 1. The summed E-state index contributed by atoms with van der Waals surface area (Å²) in [5, 5.41) is 8.14. The van der Waals surface area contributed by atoms with E-state index in [0.29, 0.717) is 0 Å².